The van der Waals surface area contributed by atoms with Gasteiger partial charge in [-0.15, -0.1) is 0 Å². The van der Waals surface area contributed by atoms with Gasteiger partial charge in [-0.25, -0.2) is 4.79 Å². The Balaban J connectivity index is 2.77. The van der Waals surface area contributed by atoms with E-state index in [9.17, 15) is 22.8 Å². The van der Waals surface area contributed by atoms with E-state index in [0.29, 0.717) is 12.5 Å². The zero-order chi connectivity index (χ0) is 17.2. The SMILES string of the molecule is CCCCCn1c(=O)ccc2cc(C(=O)O)cc(C(F)(F)F)c21. The molecule has 1 aromatic heterocycles. The van der Waals surface area contributed by atoms with Gasteiger partial charge in [0.2, 0.25) is 0 Å². The van der Waals surface area contributed by atoms with E-state index in [0.717, 1.165) is 23.5 Å². The second kappa shape index (κ2) is 6.44. The Morgan fingerprint density at radius 1 is 1.22 bits per heavy atom. The second-order valence-electron chi connectivity index (χ2n) is 5.29. The highest BCUT2D eigenvalue weighted by atomic mass is 19.4. The molecule has 0 fully saturated rings. The van der Waals surface area contributed by atoms with Gasteiger partial charge in [-0.3, -0.25) is 4.79 Å². The molecule has 1 aromatic carbocycles. The molecule has 1 heterocycles. The standard InChI is InChI=1S/C16H16F3NO3/c1-2-3-4-7-20-13(21)6-5-10-8-11(15(22)23)9-12(14(10)20)16(17,18)19/h5-6,8-9H,2-4,7H2,1H3,(H,22,23). The van der Waals surface area contributed by atoms with Gasteiger partial charge in [0.15, 0.2) is 0 Å². The minimum absolute atomic E-state index is 0.0910. The zero-order valence-corrected chi connectivity index (χ0v) is 12.5. The minimum atomic E-state index is -4.75. The van der Waals surface area contributed by atoms with Crippen LogP contribution in [0.1, 0.15) is 42.1 Å². The molecule has 0 amide bonds. The van der Waals surface area contributed by atoms with E-state index < -0.39 is 28.8 Å². The van der Waals surface area contributed by atoms with Gasteiger partial charge in [-0.2, -0.15) is 13.2 Å². The van der Waals surface area contributed by atoms with Crippen molar-refractivity contribution in [1.82, 2.24) is 4.57 Å². The van der Waals surface area contributed by atoms with Crippen LogP contribution in [0.2, 0.25) is 0 Å². The van der Waals surface area contributed by atoms with Crippen molar-refractivity contribution < 1.29 is 23.1 Å². The van der Waals surface area contributed by atoms with Crippen LogP contribution < -0.4 is 5.56 Å². The van der Waals surface area contributed by atoms with Crippen molar-refractivity contribution in [2.45, 2.75) is 38.9 Å². The summed E-state index contributed by atoms with van der Waals surface area (Å²) in [5.41, 5.74) is -2.33. The topological polar surface area (TPSA) is 59.3 Å². The Morgan fingerprint density at radius 2 is 1.91 bits per heavy atom. The Bertz CT molecular complexity index is 793. The largest absolute Gasteiger partial charge is 0.478 e. The molecule has 7 heteroatoms. The highest BCUT2D eigenvalue weighted by Gasteiger charge is 2.35. The summed E-state index contributed by atoms with van der Waals surface area (Å²) in [6.45, 7) is 2.12. The average Bonchev–Trinajstić information content (AvgIpc) is 2.47. The number of rotatable bonds is 5. The number of halogens is 3. The molecule has 23 heavy (non-hydrogen) atoms. The van der Waals surface area contributed by atoms with Crippen molar-refractivity contribution in [2.75, 3.05) is 0 Å². The molecular weight excluding hydrogens is 311 g/mol. The van der Waals surface area contributed by atoms with E-state index in [1.54, 1.807) is 0 Å². The summed E-state index contributed by atoms with van der Waals surface area (Å²) in [4.78, 5) is 23.1. The van der Waals surface area contributed by atoms with E-state index in [1.807, 2.05) is 6.92 Å². The third-order valence-corrected chi connectivity index (χ3v) is 3.62. The van der Waals surface area contributed by atoms with Gasteiger partial charge >= 0.3 is 12.1 Å². The number of aryl methyl sites for hydroxylation is 1. The third-order valence-electron chi connectivity index (χ3n) is 3.62. The fourth-order valence-corrected chi connectivity index (χ4v) is 2.53. The highest BCUT2D eigenvalue weighted by Crippen LogP contribution is 2.35. The van der Waals surface area contributed by atoms with Gasteiger partial charge in [0.05, 0.1) is 16.6 Å². The summed E-state index contributed by atoms with van der Waals surface area (Å²) in [7, 11) is 0. The molecular formula is C16H16F3NO3. The molecule has 0 aliphatic heterocycles. The minimum Gasteiger partial charge on any atom is -0.478 e. The summed E-state index contributed by atoms with van der Waals surface area (Å²) in [5.74, 6) is -1.44. The van der Waals surface area contributed by atoms with Gasteiger partial charge in [-0.05, 0) is 30.0 Å². The molecule has 0 atom stereocenters. The number of alkyl halides is 3. The van der Waals surface area contributed by atoms with E-state index in [1.165, 1.54) is 12.1 Å². The fourth-order valence-electron chi connectivity index (χ4n) is 2.53. The van der Waals surface area contributed by atoms with Gasteiger partial charge in [-0.1, -0.05) is 19.8 Å². The molecule has 0 aliphatic rings. The molecule has 2 aromatic rings. The number of benzene rings is 1. The quantitative estimate of drug-likeness (QED) is 0.847. The van der Waals surface area contributed by atoms with Gasteiger partial charge in [0.25, 0.3) is 5.56 Å². The molecule has 0 spiro atoms. The Labute approximate surface area is 130 Å². The first kappa shape index (κ1) is 17.1. The number of hydrogen-bond acceptors (Lipinski definition) is 2. The number of aromatic nitrogens is 1. The van der Waals surface area contributed by atoms with E-state index in [2.05, 4.69) is 0 Å². The normalized spacial score (nSPS) is 11.8. The molecule has 0 unspecified atom stereocenters. The van der Waals surface area contributed by atoms with Crippen LogP contribution in [0.4, 0.5) is 13.2 Å². The predicted molar refractivity (Wildman–Crippen MR) is 79.7 cm³/mol. The number of pyridine rings is 1. The van der Waals surface area contributed by atoms with Crippen LogP contribution in [0.15, 0.2) is 29.1 Å². The van der Waals surface area contributed by atoms with Crippen molar-refractivity contribution >= 4 is 16.9 Å². The van der Waals surface area contributed by atoms with Crippen molar-refractivity contribution in [3.8, 4) is 0 Å². The maximum Gasteiger partial charge on any atom is 0.418 e. The first-order valence-electron chi connectivity index (χ1n) is 7.23. The van der Waals surface area contributed by atoms with Crippen LogP contribution in [-0.4, -0.2) is 15.6 Å². The summed E-state index contributed by atoms with van der Waals surface area (Å²) >= 11 is 0. The lowest BCUT2D eigenvalue weighted by Crippen LogP contribution is -2.22. The molecule has 0 saturated carbocycles. The van der Waals surface area contributed by atoms with E-state index in [-0.39, 0.29) is 17.4 Å². The molecule has 0 saturated heterocycles. The smallest absolute Gasteiger partial charge is 0.418 e. The summed E-state index contributed by atoms with van der Waals surface area (Å²) in [6, 6.07) is 4.14. The van der Waals surface area contributed by atoms with Crippen molar-refractivity contribution in [1.29, 1.82) is 0 Å². The molecule has 0 aliphatic carbocycles. The van der Waals surface area contributed by atoms with Crippen LogP contribution in [0, 0.1) is 0 Å². The number of unbranched alkanes of at least 4 members (excludes halogenated alkanes) is 2. The number of carboxylic acids is 1. The monoisotopic (exact) mass is 327 g/mol. The van der Waals surface area contributed by atoms with Crippen LogP contribution in [-0.2, 0) is 12.7 Å². The number of carbonyl (C=O) groups is 1. The maximum atomic E-state index is 13.4. The number of carboxylic acid groups (broad SMARTS) is 1. The molecule has 4 nitrogen and oxygen atoms in total. The zero-order valence-electron chi connectivity index (χ0n) is 12.5. The fraction of sp³-hybridized carbons (Fsp3) is 0.375. The van der Waals surface area contributed by atoms with Gasteiger partial charge in [0, 0.05) is 12.6 Å². The van der Waals surface area contributed by atoms with E-state index >= 15 is 0 Å². The van der Waals surface area contributed by atoms with Crippen LogP contribution >= 0.6 is 0 Å². The lowest BCUT2D eigenvalue weighted by Gasteiger charge is -2.16. The highest BCUT2D eigenvalue weighted by molar-refractivity contribution is 5.95. The molecule has 0 bridgehead atoms. The summed E-state index contributed by atoms with van der Waals surface area (Å²) in [6.07, 6.45) is -2.51. The number of fused-ring (bicyclic) bond motifs is 1. The number of nitrogens with zero attached hydrogens (tertiary/aromatic N) is 1. The molecule has 0 radical (unpaired) electrons. The lowest BCUT2D eigenvalue weighted by molar-refractivity contribution is -0.136. The maximum absolute atomic E-state index is 13.4. The summed E-state index contributed by atoms with van der Waals surface area (Å²) in [5, 5.41) is 9.09. The van der Waals surface area contributed by atoms with Gasteiger partial charge in [0.1, 0.15) is 0 Å². The molecule has 124 valence electrons. The summed E-state index contributed by atoms with van der Waals surface area (Å²) < 4.78 is 41.1. The van der Waals surface area contributed by atoms with Crippen LogP contribution in [0.3, 0.4) is 0 Å². The number of hydrogen-bond donors (Lipinski definition) is 1. The van der Waals surface area contributed by atoms with Crippen molar-refractivity contribution in [3.05, 3.63) is 45.7 Å². The lowest BCUT2D eigenvalue weighted by atomic mass is 10.0. The Morgan fingerprint density at radius 3 is 2.48 bits per heavy atom. The van der Waals surface area contributed by atoms with Crippen molar-refractivity contribution in [3.63, 3.8) is 0 Å². The average molecular weight is 327 g/mol. The first-order chi connectivity index (χ1) is 10.8. The second-order valence-corrected chi connectivity index (χ2v) is 5.29. The number of aromatic carboxylic acids is 1. The third kappa shape index (κ3) is 3.55. The van der Waals surface area contributed by atoms with Crippen LogP contribution in [0.5, 0.6) is 0 Å². The molecule has 2 rings (SSSR count). The van der Waals surface area contributed by atoms with Crippen molar-refractivity contribution in [2.24, 2.45) is 0 Å². The predicted octanol–water partition coefficient (Wildman–Crippen LogP) is 3.91. The first-order valence-corrected chi connectivity index (χ1v) is 7.23. The Kier molecular flexibility index (Phi) is 4.77. The Hall–Kier alpha value is -2.31. The van der Waals surface area contributed by atoms with Crippen LogP contribution in [0.25, 0.3) is 10.9 Å². The van der Waals surface area contributed by atoms with Gasteiger partial charge < -0.3 is 9.67 Å². The van der Waals surface area contributed by atoms with E-state index in [4.69, 9.17) is 5.11 Å². The molecule has 1 N–H and O–H groups in total.